The number of rotatable bonds is 3. The van der Waals surface area contributed by atoms with Crippen molar-refractivity contribution >= 4 is 31.9 Å². The van der Waals surface area contributed by atoms with Crippen LogP contribution in [-0.2, 0) is 6.54 Å². The number of alkyl halides is 1. The highest BCUT2D eigenvalue weighted by Crippen LogP contribution is 2.28. The zero-order chi connectivity index (χ0) is 12.3. The van der Waals surface area contributed by atoms with Gasteiger partial charge in [-0.1, -0.05) is 28.8 Å². The summed E-state index contributed by atoms with van der Waals surface area (Å²) in [4.78, 5) is 7.50. The summed E-state index contributed by atoms with van der Waals surface area (Å²) in [7, 11) is 2.20. The normalized spacial score (nSPS) is 25.2. The van der Waals surface area contributed by atoms with E-state index in [0.29, 0.717) is 10.9 Å². The van der Waals surface area contributed by atoms with Gasteiger partial charge >= 0.3 is 0 Å². The Hall–Kier alpha value is 0.0700. The molecule has 1 aromatic rings. The first-order valence-corrected chi connectivity index (χ1v) is 7.82. The molecule has 2 unspecified atom stereocenters. The molecule has 1 aromatic heterocycles. The van der Waals surface area contributed by atoms with Gasteiger partial charge in [-0.15, -0.1) is 0 Å². The van der Waals surface area contributed by atoms with Crippen molar-refractivity contribution in [2.75, 3.05) is 7.05 Å². The van der Waals surface area contributed by atoms with Crippen molar-refractivity contribution in [2.45, 2.75) is 43.1 Å². The molecule has 1 saturated carbocycles. The molecule has 1 aliphatic rings. The van der Waals surface area contributed by atoms with E-state index in [9.17, 15) is 0 Å². The standard InChI is InChI=1S/C13H18Br2N2/c1-17(13-5-3-2-4-12(13)15)9-11-7-6-10(14)8-16-11/h6-8,12-13H,2-5,9H2,1H3. The summed E-state index contributed by atoms with van der Waals surface area (Å²) in [6.45, 7) is 0.931. The van der Waals surface area contributed by atoms with Gasteiger partial charge < -0.3 is 0 Å². The number of halogens is 2. The van der Waals surface area contributed by atoms with Crippen molar-refractivity contribution in [3.05, 3.63) is 28.5 Å². The third-order valence-electron chi connectivity index (χ3n) is 3.41. The van der Waals surface area contributed by atoms with Crippen LogP contribution in [0.1, 0.15) is 31.4 Å². The molecule has 94 valence electrons. The Balaban J connectivity index is 1.95. The second-order valence-corrected chi connectivity index (χ2v) is 6.84. The molecule has 0 aliphatic heterocycles. The Morgan fingerprint density at radius 2 is 2.12 bits per heavy atom. The molecule has 0 spiro atoms. The summed E-state index contributed by atoms with van der Waals surface area (Å²) in [5.41, 5.74) is 1.14. The summed E-state index contributed by atoms with van der Waals surface area (Å²) in [6.07, 6.45) is 7.17. The van der Waals surface area contributed by atoms with Crippen molar-refractivity contribution in [3.8, 4) is 0 Å². The highest BCUT2D eigenvalue weighted by Gasteiger charge is 2.26. The summed E-state index contributed by atoms with van der Waals surface area (Å²) >= 11 is 7.22. The quantitative estimate of drug-likeness (QED) is 0.757. The van der Waals surface area contributed by atoms with E-state index in [0.717, 1.165) is 16.7 Å². The number of hydrogen-bond acceptors (Lipinski definition) is 2. The molecule has 0 aromatic carbocycles. The first-order valence-electron chi connectivity index (χ1n) is 6.11. The molecule has 2 atom stereocenters. The van der Waals surface area contributed by atoms with E-state index in [1.807, 2.05) is 6.20 Å². The summed E-state index contributed by atoms with van der Waals surface area (Å²) < 4.78 is 1.04. The van der Waals surface area contributed by atoms with Crippen LogP contribution in [0.15, 0.2) is 22.8 Å². The zero-order valence-electron chi connectivity index (χ0n) is 10.1. The van der Waals surface area contributed by atoms with Gasteiger partial charge in [0, 0.05) is 28.1 Å². The maximum Gasteiger partial charge on any atom is 0.0544 e. The van der Waals surface area contributed by atoms with Crippen LogP contribution in [0.2, 0.25) is 0 Å². The van der Waals surface area contributed by atoms with E-state index >= 15 is 0 Å². The van der Waals surface area contributed by atoms with Gasteiger partial charge in [-0.05, 0) is 48.0 Å². The van der Waals surface area contributed by atoms with E-state index in [2.05, 4.69) is 60.9 Å². The van der Waals surface area contributed by atoms with Crippen LogP contribution < -0.4 is 0 Å². The van der Waals surface area contributed by atoms with Crippen LogP contribution in [0.5, 0.6) is 0 Å². The fourth-order valence-corrected chi connectivity index (χ4v) is 3.66. The molecular weight excluding hydrogens is 344 g/mol. The third kappa shape index (κ3) is 3.76. The topological polar surface area (TPSA) is 16.1 Å². The SMILES string of the molecule is CN(Cc1ccc(Br)cn1)C1CCCCC1Br. The first kappa shape index (κ1) is 13.5. The van der Waals surface area contributed by atoms with Crippen molar-refractivity contribution in [1.29, 1.82) is 0 Å². The average molecular weight is 362 g/mol. The maximum absolute atomic E-state index is 4.43. The zero-order valence-corrected chi connectivity index (χ0v) is 13.2. The van der Waals surface area contributed by atoms with E-state index < -0.39 is 0 Å². The minimum absolute atomic E-state index is 0.636. The molecule has 2 nitrogen and oxygen atoms in total. The second-order valence-electron chi connectivity index (χ2n) is 4.75. The summed E-state index contributed by atoms with van der Waals surface area (Å²) in [5, 5.41) is 0. The molecule has 4 heteroatoms. The Bertz CT molecular complexity index is 353. The molecule has 0 radical (unpaired) electrons. The lowest BCUT2D eigenvalue weighted by molar-refractivity contribution is 0.191. The van der Waals surface area contributed by atoms with Gasteiger partial charge in [-0.3, -0.25) is 9.88 Å². The van der Waals surface area contributed by atoms with Crippen LogP contribution in [0.25, 0.3) is 0 Å². The Morgan fingerprint density at radius 1 is 1.35 bits per heavy atom. The third-order valence-corrected chi connectivity index (χ3v) is 4.95. The fraction of sp³-hybridized carbons (Fsp3) is 0.615. The maximum atomic E-state index is 4.43. The predicted molar refractivity (Wildman–Crippen MR) is 78.4 cm³/mol. The Labute approximate surface area is 120 Å². The number of aromatic nitrogens is 1. The van der Waals surface area contributed by atoms with Crippen molar-refractivity contribution in [3.63, 3.8) is 0 Å². The van der Waals surface area contributed by atoms with Crippen LogP contribution in [-0.4, -0.2) is 27.8 Å². The van der Waals surface area contributed by atoms with Gasteiger partial charge in [0.2, 0.25) is 0 Å². The van der Waals surface area contributed by atoms with Crippen LogP contribution in [0.4, 0.5) is 0 Å². The highest BCUT2D eigenvalue weighted by molar-refractivity contribution is 9.10. The monoisotopic (exact) mass is 360 g/mol. The predicted octanol–water partition coefficient (Wildman–Crippen LogP) is 3.98. The van der Waals surface area contributed by atoms with Crippen molar-refractivity contribution < 1.29 is 0 Å². The number of nitrogens with zero attached hydrogens (tertiary/aromatic N) is 2. The number of pyridine rings is 1. The van der Waals surface area contributed by atoms with Crippen LogP contribution >= 0.6 is 31.9 Å². The molecule has 2 rings (SSSR count). The van der Waals surface area contributed by atoms with E-state index in [-0.39, 0.29) is 0 Å². The summed E-state index contributed by atoms with van der Waals surface area (Å²) in [6, 6.07) is 4.80. The highest BCUT2D eigenvalue weighted by atomic mass is 79.9. The molecule has 0 amide bonds. The number of hydrogen-bond donors (Lipinski definition) is 0. The van der Waals surface area contributed by atoms with Gasteiger partial charge in [0.1, 0.15) is 0 Å². The Morgan fingerprint density at radius 3 is 2.76 bits per heavy atom. The second kappa shape index (κ2) is 6.30. The lowest BCUT2D eigenvalue weighted by Gasteiger charge is -2.35. The molecule has 0 saturated heterocycles. The molecule has 1 heterocycles. The molecular formula is C13H18Br2N2. The lowest BCUT2D eigenvalue weighted by atomic mass is 9.94. The van der Waals surface area contributed by atoms with Crippen LogP contribution in [0.3, 0.4) is 0 Å². The van der Waals surface area contributed by atoms with E-state index in [1.165, 1.54) is 25.7 Å². The molecule has 0 N–H and O–H groups in total. The molecule has 17 heavy (non-hydrogen) atoms. The summed E-state index contributed by atoms with van der Waals surface area (Å²) in [5.74, 6) is 0. The van der Waals surface area contributed by atoms with Gasteiger partial charge in [-0.25, -0.2) is 0 Å². The first-order chi connectivity index (χ1) is 8.16. The minimum atomic E-state index is 0.636. The van der Waals surface area contributed by atoms with E-state index in [1.54, 1.807) is 0 Å². The van der Waals surface area contributed by atoms with Crippen LogP contribution in [0, 0.1) is 0 Å². The van der Waals surface area contributed by atoms with Gasteiger partial charge in [0.05, 0.1) is 5.69 Å². The average Bonchev–Trinajstić information content (AvgIpc) is 2.32. The van der Waals surface area contributed by atoms with E-state index in [4.69, 9.17) is 0 Å². The van der Waals surface area contributed by atoms with Crippen molar-refractivity contribution in [1.82, 2.24) is 9.88 Å². The largest absolute Gasteiger partial charge is 0.296 e. The molecule has 1 fully saturated rings. The molecule has 1 aliphatic carbocycles. The molecule has 0 bridgehead atoms. The van der Waals surface area contributed by atoms with Gasteiger partial charge in [-0.2, -0.15) is 0 Å². The van der Waals surface area contributed by atoms with Crippen molar-refractivity contribution in [2.24, 2.45) is 0 Å². The van der Waals surface area contributed by atoms with Gasteiger partial charge in [0.25, 0.3) is 0 Å². The smallest absolute Gasteiger partial charge is 0.0544 e. The fourth-order valence-electron chi connectivity index (χ4n) is 2.44. The minimum Gasteiger partial charge on any atom is -0.296 e. The van der Waals surface area contributed by atoms with Gasteiger partial charge in [0.15, 0.2) is 0 Å². The Kier molecular flexibility index (Phi) is 5.00. The lowest BCUT2D eigenvalue weighted by Crippen LogP contribution is -2.40.